The number of carbonyl (C=O) groups is 1. The van der Waals surface area contributed by atoms with Crippen LogP contribution >= 0.6 is 11.6 Å². The first kappa shape index (κ1) is 17.7. The summed E-state index contributed by atoms with van der Waals surface area (Å²) in [7, 11) is 1.53. The van der Waals surface area contributed by atoms with Crippen molar-refractivity contribution in [2.75, 3.05) is 17.7 Å². The van der Waals surface area contributed by atoms with Crippen LogP contribution in [0.5, 0.6) is 5.75 Å². The third-order valence-electron chi connectivity index (χ3n) is 3.62. The number of hydrogen-bond acceptors (Lipinski definition) is 5. The zero-order valence-electron chi connectivity index (χ0n) is 14.1. The van der Waals surface area contributed by atoms with Crippen molar-refractivity contribution < 1.29 is 9.53 Å². The highest BCUT2D eigenvalue weighted by atomic mass is 35.5. The molecule has 7 heteroatoms. The van der Waals surface area contributed by atoms with Crippen LogP contribution in [0.2, 0.25) is 5.02 Å². The van der Waals surface area contributed by atoms with Gasteiger partial charge in [-0.05, 0) is 42.0 Å². The van der Waals surface area contributed by atoms with Gasteiger partial charge >= 0.3 is 0 Å². The van der Waals surface area contributed by atoms with E-state index in [1.807, 2.05) is 12.1 Å². The van der Waals surface area contributed by atoms with Gasteiger partial charge in [-0.1, -0.05) is 17.7 Å². The van der Waals surface area contributed by atoms with Gasteiger partial charge in [0.25, 0.3) is 5.91 Å². The van der Waals surface area contributed by atoms with Crippen molar-refractivity contribution in [2.45, 2.75) is 6.54 Å². The molecule has 2 aromatic heterocycles. The molecule has 0 unspecified atom stereocenters. The standard InChI is InChI=1S/C19H17ClN4O2/c1-26-18-5-4-14(20)9-16(18)24-19(25)17-10-15(6-8-22-17)23-12-13-3-2-7-21-11-13/h2-11H,12H2,1H3,(H,22,23)(H,24,25). The Balaban J connectivity index is 1.71. The van der Waals surface area contributed by atoms with Gasteiger partial charge in [0.15, 0.2) is 0 Å². The zero-order valence-corrected chi connectivity index (χ0v) is 14.8. The van der Waals surface area contributed by atoms with Crippen molar-refractivity contribution in [2.24, 2.45) is 0 Å². The van der Waals surface area contributed by atoms with Crippen LogP contribution in [0, 0.1) is 0 Å². The van der Waals surface area contributed by atoms with Crippen LogP contribution in [0.3, 0.4) is 0 Å². The molecule has 0 aliphatic carbocycles. The summed E-state index contributed by atoms with van der Waals surface area (Å²) in [5.74, 6) is 0.171. The number of nitrogens with zero attached hydrogens (tertiary/aromatic N) is 2. The average Bonchev–Trinajstić information content (AvgIpc) is 2.67. The molecule has 0 radical (unpaired) electrons. The second-order valence-electron chi connectivity index (χ2n) is 5.44. The Bertz CT molecular complexity index is 903. The van der Waals surface area contributed by atoms with E-state index in [1.54, 1.807) is 48.9 Å². The van der Waals surface area contributed by atoms with Gasteiger partial charge in [0.05, 0.1) is 12.8 Å². The largest absolute Gasteiger partial charge is 0.495 e. The summed E-state index contributed by atoms with van der Waals surface area (Å²) in [4.78, 5) is 20.7. The lowest BCUT2D eigenvalue weighted by Gasteiger charge is -2.11. The molecule has 6 nitrogen and oxygen atoms in total. The van der Waals surface area contributed by atoms with E-state index in [1.165, 1.54) is 7.11 Å². The van der Waals surface area contributed by atoms with E-state index in [0.29, 0.717) is 23.0 Å². The van der Waals surface area contributed by atoms with Crippen LogP contribution in [0.15, 0.2) is 61.1 Å². The molecule has 0 bridgehead atoms. The molecule has 0 saturated heterocycles. The number of nitrogens with one attached hydrogen (secondary N) is 2. The van der Waals surface area contributed by atoms with E-state index in [-0.39, 0.29) is 11.6 Å². The second kappa shape index (κ2) is 8.31. The average molecular weight is 369 g/mol. The maximum Gasteiger partial charge on any atom is 0.274 e. The molecule has 0 atom stereocenters. The molecule has 2 N–H and O–H groups in total. The van der Waals surface area contributed by atoms with Crippen molar-refractivity contribution >= 4 is 28.9 Å². The molecular weight excluding hydrogens is 352 g/mol. The van der Waals surface area contributed by atoms with Crippen LogP contribution in [0.1, 0.15) is 16.1 Å². The number of benzene rings is 1. The van der Waals surface area contributed by atoms with Crippen LogP contribution in [-0.2, 0) is 6.54 Å². The van der Waals surface area contributed by atoms with E-state index in [9.17, 15) is 4.79 Å². The molecule has 3 aromatic rings. The number of halogens is 1. The smallest absolute Gasteiger partial charge is 0.274 e. The second-order valence-corrected chi connectivity index (χ2v) is 5.88. The maximum absolute atomic E-state index is 12.5. The fraction of sp³-hybridized carbons (Fsp3) is 0.105. The quantitative estimate of drug-likeness (QED) is 0.687. The van der Waals surface area contributed by atoms with E-state index in [2.05, 4.69) is 20.6 Å². The molecule has 132 valence electrons. The van der Waals surface area contributed by atoms with Crippen LogP contribution in [0.4, 0.5) is 11.4 Å². The van der Waals surface area contributed by atoms with Crippen molar-refractivity contribution in [1.82, 2.24) is 9.97 Å². The van der Waals surface area contributed by atoms with Crippen LogP contribution in [0.25, 0.3) is 0 Å². The van der Waals surface area contributed by atoms with Gasteiger partial charge in [-0.25, -0.2) is 0 Å². The van der Waals surface area contributed by atoms with Crippen LogP contribution in [-0.4, -0.2) is 23.0 Å². The highest BCUT2D eigenvalue weighted by Crippen LogP contribution is 2.28. The first-order valence-corrected chi connectivity index (χ1v) is 8.27. The molecule has 2 heterocycles. The third kappa shape index (κ3) is 4.49. The van der Waals surface area contributed by atoms with Crippen molar-refractivity contribution in [1.29, 1.82) is 0 Å². The molecule has 0 spiro atoms. The van der Waals surface area contributed by atoms with Crippen molar-refractivity contribution in [3.05, 3.63) is 77.3 Å². The lowest BCUT2D eigenvalue weighted by atomic mass is 10.2. The number of amides is 1. The molecule has 1 aromatic carbocycles. The molecule has 3 rings (SSSR count). The molecular formula is C19H17ClN4O2. The summed E-state index contributed by atoms with van der Waals surface area (Å²) in [6.07, 6.45) is 5.09. The SMILES string of the molecule is COc1ccc(Cl)cc1NC(=O)c1cc(NCc2cccnc2)ccn1. The van der Waals surface area contributed by atoms with Crippen molar-refractivity contribution in [3.63, 3.8) is 0 Å². The van der Waals surface area contributed by atoms with Gasteiger partial charge in [-0.3, -0.25) is 14.8 Å². The third-order valence-corrected chi connectivity index (χ3v) is 3.86. The Kier molecular flexibility index (Phi) is 5.66. The summed E-state index contributed by atoms with van der Waals surface area (Å²) in [5, 5.41) is 6.52. The zero-order chi connectivity index (χ0) is 18.4. The summed E-state index contributed by atoms with van der Waals surface area (Å²) in [6, 6.07) is 12.3. The van der Waals surface area contributed by atoms with Gasteiger partial charge in [0.2, 0.25) is 0 Å². The first-order valence-electron chi connectivity index (χ1n) is 7.89. The van der Waals surface area contributed by atoms with Gasteiger partial charge in [0.1, 0.15) is 11.4 Å². The van der Waals surface area contributed by atoms with E-state index >= 15 is 0 Å². The molecule has 0 fully saturated rings. The van der Waals surface area contributed by atoms with Crippen molar-refractivity contribution in [3.8, 4) is 5.75 Å². The topological polar surface area (TPSA) is 76.1 Å². The number of ether oxygens (including phenoxy) is 1. The Labute approximate surface area is 156 Å². The maximum atomic E-state index is 12.5. The monoisotopic (exact) mass is 368 g/mol. The molecule has 0 aliphatic rings. The van der Waals surface area contributed by atoms with Gasteiger partial charge in [-0.2, -0.15) is 0 Å². The number of anilines is 2. The summed E-state index contributed by atoms with van der Waals surface area (Å²) in [6.45, 7) is 0.598. The fourth-order valence-corrected chi connectivity index (χ4v) is 2.51. The highest BCUT2D eigenvalue weighted by Gasteiger charge is 2.12. The predicted molar refractivity (Wildman–Crippen MR) is 102 cm³/mol. The van der Waals surface area contributed by atoms with E-state index in [0.717, 1.165) is 11.3 Å². The van der Waals surface area contributed by atoms with Gasteiger partial charge < -0.3 is 15.4 Å². The lowest BCUT2D eigenvalue weighted by molar-refractivity contribution is 0.102. The minimum absolute atomic E-state index is 0.281. The number of carbonyl (C=O) groups excluding carboxylic acids is 1. The number of hydrogen-bond donors (Lipinski definition) is 2. The Hall–Kier alpha value is -3.12. The molecule has 0 saturated carbocycles. The first-order chi connectivity index (χ1) is 12.7. The number of methoxy groups -OCH3 is 1. The minimum atomic E-state index is -0.351. The van der Waals surface area contributed by atoms with E-state index < -0.39 is 0 Å². The van der Waals surface area contributed by atoms with Gasteiger partial charge in [-0.15, -0.1) is 0 Å². The Morgan fingerprint density at radius 2 is 2.08 bits per heavy atom. The lowest BCUT2D eigenvalue weighted by Crippen LogP contribution is -2.14. The predicted octanol–water partition coefficient (Wildman–Crippen LogP) is 4.00. The fourth-order valence-electron chi connectivity index (χ4n) is 2.34. The number of rotatable bonds is 6. The van der Waals surface area contributed by atoms with Gasteiger partial charge in [0, 0.05) is 35.8 Å². The Morgan fingerprint density at radius 3 is 2.85 bits per heavy atom. The Morgan fingerprint density at radius 1 is 1.19 bits per heavy atom. The van der Waals surface area contributed by atoms with Crippen LogP contribution < -0.4 is 15.4 Å². The number of aromatic nitrogens is 2. The molecule has 26 heavy (non-hydrogen) atoms. The molecule has 1 amide bonds. The summed E-state index contributed by atoms with van der Waals surface area (Å²) in [5.41, 5.74) is 2.59. The molecule has 0 aliphatic heterocycles. The number of pyridine rings is 2. The normalized spacial score (nSPS) is 10.2. The van der Waals surface area contributed by atoms with E-state index in [4.69, 9.17) is 16.3 Å². The summed E-state index contributed by atoms with van der Waals surface area (Å²) >= 11 is 5.99. The highest BCUT2D eigenvalue weighted by molar-refractivity contribution is 6.31. The summed E-state index contributed by atoms with van der Waals surface area (Å²) < 4.78 is 5.24. The minimum Gasteiger partial charge on any atom is -0.495 e.